The Morgan fingerprint density at radius 3 is 2.50 bits per heavy atom. The van der Waals surface area contributed by atoms with Gasteiger partial charge in [0.2, 0.25) is 0 Å². The van der Waals surface area contributed by atoms with Crippen LogP contribution in [0.1, 0.15) is 31.9 Å². The highest BCUT2D eigenvalue weighted by atomic mass is 16.5. The Hall–Kier alpha value is -2.75. The van der Waals surface area contributed by atoms with Crippen molar-refractivity contribution in [2.24, 2.45) is 11.3 Å². The van der Waals surface area contributed by atoms with Crippen LogP contribution in [0.3, 0.4) is 0 Å². The minimum absolute atomic E-state index is 0.152. The Labute approximate surface area is 154 Å². The Morgan fingerprint density at radius 2 is 1.73 bits per heavy atom. The molecule has 4 heteroatoms. The molecule has 0 aromatic heterocycles. The first kappa shape index (κ1) is 16.7. The van der Waals surface area contributed by atoms with Crippen LogP contribution in [0.25, 0.3) is 0 Å². The summed E-state index contributed by atoms with van der Waals surface area (Å²) in [5, 5.41) is 7.12. The van der Waals surface area contributed by atoms with Crippen LogP contribution >= 0.6 is 0 Å². The third kappa shape index (κ3) is 2.85. The lowest BCUT2D eigenvalue weighted by Gasteiger charge is -2.35. The molecule has 4 nitrogen and oxygen atoms in total. The van der Waals surface area contributed by atoms with Gasteiger partial charge in [0.1, 0.15) is 11.5 Å². The summed E-state index contributed by atoms with van der Waals surface area (Å²) in [4.78, 5) is 13.2. The fourth-order valence-electron chi connectivity index (χ4n) is 4.08. The molecular formula is C22H24N2O2. The summed E-state index contributed by atoms with van der Waals surface area (Å²) in [6, 6.07) is 15.8. The molecule has 0 radical (unpaired) electrons. The monoisotopic (exact) mass is 348 g/mol. The van der Waals surface area contributed by atoms with E-state index in [-0.39, 0.29) is 23.2 Å². The van der Waals surface area contributed by atoms with Crippen molar-refractivity contribution in [2.75, 3.05) is 17.7 Å². The molecule has 4 rings (SSSR count). The summed E-state index contributed by atoms with van der Waals surface area (Å²) in [6.07, 6.45) is 2.75. The largest absolute Gasteiger partial charge is 0.496 e. The topological polar surface area (TPSA) is 50.4 Å². The van der Waals surface area contributed by atoms with Gasteiger partial charge in [-0.1, -0.05) is 50.3 Å². The van der Waals surface area contributed by atoms with Crippen molar-refractivity contribution < 1.29 is 9.53 Å². The second-order valence-corrected chi connectivity index (χ2v) is 7.74. The van der Waals surface area contributed by atoms with Crippen molar-refractivity contribution in [3.63, 3.8) is 0 Å². The van der Waals surface area contributed by atoms with Crippen molar-refractivity contribution in [1.29, 1.82) is 0 Å². The Bertz CT molecular complexity index is 885. The van der Waals surface area contributed by atoms with E-state index >= 15 is 0 Å². The third-order valence-electron chi connectivity index (χ3n) is 5.18. The van der Waals surface area contributed by atoms with Gasteiger partial charge in [0, 0.05) is 17.7 Å². The lowest BCUT2D eigenvalue weighted by molar-refractivity contribution is -0.124. The zero-order chi connectivity index (χ0) is 18.3. The number of ketones is 1. The van der Waals surface area contributed by atoms with Crippen molar-refractivity contribution in [2.45, 2.75) is 26.3 Å². The van der Waals surface area contributed by atoms with Crippen LogP contribution in [0.5, 0.6) is 5.75 Å². The normalized spacial score (nSPS) is 23.5. The summed E-state index contributed by atoms with van der Waals surface area (Å²) in [5.74, 6) is 0.768. The van der Waals surface area contributed by atoms with Gasteiger partial charge in [-0.2, -0.15) is 0 Å². The molecule has 2 N–H and O–H groups in total. The number of nitrogens with one attached hydrogen (secondary N) is 2. The molecule has 0 saturated carbocycles. The lowest BCUT2D eigenvalue weighted by atomic mass is 9.72. The maximum absolute atomic E-state index is 13.2. The Kier molecular flexibility index (Phi) is 3.98. The maximum atomic E-state index is 13.2. The summed E-state index contributed by atoms with van der Waals surface area (Å²) in [7, 11) is 1.67. The maximum Gasteiger partial charge on any atom is 0.145 e. The standard InChI is InChI=1S/C22H24N2O2/c1-22(2)12-17-20(18(25)13-22)21(14-8-4-7-11-19(14)26-3)24-16-10-6-5-9-15(16)23-17/h4-12,20-21,23-24H,13H2,1-3H3. The van der Waals surface area contributed by atoms with Crippen LogP contribution < -0.4 is 15.4 Å². The van der Waals surface area contributed by atoms with Gasteiger partial charge in [0.05, 0.1) is 30.4 Å². The van der Waals surface area contributed by atoms with Gasteiger partial charge >= 0.3 is 0 Å². The fourth-order valence-corrected chi connectivity index (χ4v) is 4.08. The molecule has 2 aliphatic rings. The quantitative estimate of drug-likeness (QED) is 0.820. The molecule has 0 amide bonds. The first-order chi connectivity index (χ1) is 12.5. The molecule has 1 heterocycles. The van der Waals surface area contributed by atoms with Gasteiger partial charge in [-0.05, 0) is 23.6 Å². The molecule has 134 valence electrons. The molecule has 0 bridgehead atoms. The number of benzene rings is 2. The number of para-hydroxylation sites is 3. The van der Waals surface area contributed by atoms with E-state index in [2.05, 4.69) is 30.6 Å². The number of Topliss-reactive ketones (excluding diaryl/α,β-unsaturated/α-hetero) is 1. The highest BCUT2D eigenvalue weighted by Crippen LogP contribution is 2.46. The van der Waals surface area contributed by atoms with E-state index in [4.69, 9.17) is 4.74 Å². The number of allylic oxidation sites excluding steroid dienone is 1. The van der Waals surface area contributed by atoms with Gasteiger partial charge in [0.25, 0.3) is 0 Å². The van der Waals surface area contributed by atoms with E-state index in [9.17, 15) is 4.79 Å². The molecule has 2 aromatic rings. The van der Waals surface area contributed by atoms with Gasteiger partial charge in [0.15, 0.2) is 0 Å². The van der Waals surface area contributed by atoms with Crippen LogP contribution in [-0.4, -0.2) is 12.9 Å². The highest BCUT2D eigenvalue weighted by molar-refractivity contribution is 5.90. The number of fused-ring (bicyclic) bond motifs is 2. The zero-order valence-corrected chi connectivity index (χ0v) is 15.4. The minimum Gasteiger partial charge on any atom is -0.496 e. The van der Waals surface area contributed by atoms with Crippen LogP contribution in [0.4, 0.5) is 11.4 Å². The molecule has 0 saturated heterocycles. The number of carbonyl (C=O) groups is 1. The lowest BCUT2D eigenvalue weighted by Crippen LogP contribution is -2.36. The van der Waals surface area contributed by atoms with Crippen molar-refractivity contribution in [1.82, 2.24) is 0 Å². The number of ether oxygens (including phenoxy) is 1. The third-order valence-corrected chi connectivity index (χ3v) is 5.18. The van der Waals surface area contributed by atoms with E-state index < -0.39 is 0 Å². The predicted molar refractivity (Wildman–Crippen MR) is 104 cm³/mol. The fraction of sp³-hybridized carbons (Fsp3) is 0.318. The first-order valence-corrected chi connectivity index (χ1v) is 8.99. The van der Waals surface area contributed by atoms with E-state index in [0.29, 0.717) is 6.42 Å². The van der Waals surface area contributed by atoms with Crippen LogP contribution in [0, 0.1) is 11.3 Å². The van der Waals surface area contributed by atoms with E-state index in [1.54, 1.807) is 7.11 Å². The van der Waals surface area contributed by atoms with Gasteiger partial charge in [-0.15, -0.1) is 0 Å². The van der Waals surface area contributed by atoms with Crippen LogP contribution in [-0.2, 0) is 4.79 Å². The van der Waals surface area contributed by atoms with Gasteiger partial charge in [-0.25, -0.2) is 0 Å². The Morgan fingerprint density at radius 1 is 1.04 bits per heavy atom. The molecule has 1 aliphatic carbocycles. The number of rotatable bonds is 2. The molecule has 26 heavy (non-hydrogen) atoms. The molecule has 0 spiro atoms. The second-order valence-electron chi connectivity index (χ2n) is 7.74. The number of methoxy groups -OCH3 is 1. The molecular weight excluding hydrogens is 324 g/mol. The van der Waals surface area contributed by atoms with Gasteiger partial charge in [-0.3, -0.25) is 4.79 Å². The van der Waals surface area contributed by atoms with Gasteiger partial charge < -0.3 is 15.4 Å². The van der Waals surface area contributed by atoms with Crippen molar-refractivity contribution in [3.8, 4) is 5.75 Å². The van der Waals surface area contributed by atoms with Crippen molar-refractivity contribution in [3.05, 3.63) is 65.9 Å². The Balaban J connectivity index is 1.90. The van der Waals surface area contributed by atoms with E-state index in [1.807, 2.05) is 48.5 Å². The van der Waals surface area contributed by atoms with Crippen LogP contribution in [0.2, 0.25) is 0 Å². The summed E-state index contributed by atoms with van der Waals surface area (Å²) < 4.78 is 5.59. The smallest absolute Gasteiger partial charge is 0.145 e. The molecule has 2 unspecified atom stereocenters. The average molecular weight is 348 g/mol. The second kappa shape index (κ2) is 6.20. The number of hydrogen-bond acceptors (Lipinski definition) is 4. The average Bonchev–Trinajstić information content (AvgIpc) is 2.76. The SMILES string of the molecule is COc1ccccc1C1Nc2ccccc2NC2=CC(C)(C)CC(=O)C21. The molecule has 2 aromatic carbocycles. The van der Waals surface area contributed by atoms with Crippen LogP contribution in [0.15, 0.2) is 60.3 Å². The minimum atomic E-state index is -0.272. The van der Waals surface area contributed by atoms with E-state index in [1.165, 1.54) is 0 Å². The molecule has 1 aliphatic heterocycles. The zero-order valence-electron chi connectivity index (χ0n) is 15.4. The highest BCUT2D eigenvalue weighted by Gasteiger charge is 2.42. The van der Waals surface area contributed by atoms with E-state index in [0.717, 1.165) is 28.4 Å². The summed E-state index contributed by atoms with van der Waals surface area (Å²) >= 11 is 0. The summed E-state index contributed by atoms with van der Waals surface area (Å²) in [5.41, 5.74) is 3.80. The predicted octanol–water partition coefficient (Wildman–Crippen LogP) is 4.77. The number of hydrogen-bond donors (Lipinski definition) is 2. The number of carbonyl (C=O) groups excluding carboxylic acids is 1. The summed E-state index contributed by atoms with van der Waals surface area (Å²) in [6.45, 7) is 4.22. The number of anilines is 2. The van der Waals surface area contributed by atoms with Crippen molar-refractivity contribution >= 4 is 17.2 Å². The molecule has 2 atom stereocenters. The molecule has 0 fully saturated rings. The first-order valence-electron chi connectivity index (χ1n) is 8.99.